The van der Waals surface area contributed by atoms with Crippen LogP contribution in [0.5, 0.6) is 0 Å². The third-order valence-corrected chi connectivity index (χ3v) is 3.16. The van der Waals surface area contributed by atoms with Crippen molar-refractivity contribution < 1.29 is 9.90 Å². The van der Waals surface area contributed by atoms with E-state index in [-0.39, 0.29) is 12.0 Å². The van der Waals surface area contributed by atoms with Crippen molar-refractivity contribution in [2.45, 2.75) is 25.4 Å². The predicted molar refractivity (Wildman–Crippen MR) is 55.6 cm³/mol. The summed E-state index contributed by atoms with van der Waals surface area (Å²) in [6.45, 7) is 0.618. The molecule has 5 nitrogen and oxygen atoms in total. The minimum atomic E-state index is -0.187. The van der Waals surface area contributed by atoms with Crippen molar-refractivity contribution in [2.75, 3.05) is 6.54 Å². The second-order valence-corrected chi connectivity index (χ2v) is 4.44. The van der Waals surface area contributed by atoms with Crippen molar-refractivity contribution >= 4 is 17.4 Å². The molecule has 6 heteroatoms. The molecule has 1 heterocycles. The Morgan fingerprint density at radius 3 is 3.13 bits per heavy atom. The Labute approximate surface area is 91.7 Å². The number of hydrogen-bond acceptors (Lipinski definition) is 5. The van der Waals surface area contributed by atoms with Gasteiger partial charge in [-0.25, -0.2) is 0 Å². The number of aliphatic hydroxyl groups excluding tert-OH is 1. The van der Waals surface area contributed by atoms with Gasteiger partial charge in [0.1, 0.15) is 0 Å². The van der Waals surface area contributed by atoms with Crippen LogP contribution >= 0.6 is 11.5 Å². The van der Waals surface area contributed by atoms with Crippen LogP contribution in [0.25, 0.3) is 0 Å². The molecule has 2 atom stereocenters. The first-order valence-electron chi connectivity index (χ1n) is 4.99. The molecule has 2 rings (SSSR count). The van der Waals surface area contributed by atoms with Crippen LogP contribution in [-0.4, -0.2) is 33.2 Å². The highest BCUT2D eigenvalue weighted by molar-refractivity contribution is 7.03. The van der Waals surface area contributed by atoms with Crippen molar-refractivity contribution in [1.29, 1.82) is 0 Å². The van der Waals surface area contributed by atoms with Crippen LogP contribution in [0, 0.1) is 5.92 Å². The number of carbonyl (C=O) groups is 1. The van der Waals surface area contributed by atoms with Crippen LogP contribution in [0.1, 0.15) is 29.8 Å². The average Bonchev–Trinajstić information content (AvgIpc) is 2.84. The second-order valence-electron chi connectivity index (χ2n) is 3.83. The first kappa shape index (κ1) is 10.5. The zero-order valence-corrected chi connectivity index (χ0v) is 9.04. The smallest absolute Gasteiger partial charge is 0.272 e. The van der Waals surface area contributed by atoms with Gasteiger partial charge >= 0.3 is 0 Å². The fourth-order valence-corrected chi connectivity index (χ4v) is 2.26. The maximum absolute atomic E-state index is 11.5. The number of nitrogens with zero attached hydrogens (tertiary/aromatic N) is 2. The molecule has 0 radical (unpaired) electrons. The molecule has 1 fully saturated rings. The fraction of sp³-hybridized carbons (Fsp3) is 0.667. The molecule has 1 amide bonds. The van der Waals surface area contributed by atoms with E-state index in [2.05, 4.69) is 14.9 Å². The molecule has 1 saturated carbocycles. The third kappa shape index (κ3) is 2.73. The van der Waals surface area contributed by atoms with Gasteiger partial charge in [0.25, 0.3) is 5.91 Å². The highest BCUT2D eigenvalue weighted by atomic mass is 32.1. The summed E-state index contributed by atoms with van der Waals surface area (Å²) in [6, 6.07) is 0. The van der Waals surface area contributed by atoms with Crippen LogP contribution in [0.4, 0.5) is 0 Å². The molecule has 0 bridgehead atoms. The average molecular weight is 227 g/mol. The van der Waals surface area contributed by atoms with E-state index in [1.54, 1.807) is 5.38 Å². The van der Waals surface area contributed by atoms with Crippen molar-refractivity contribution in [2.24, 2.45) is 5.92 Å². The minimum absolute atomic E-state index is 0.176. The molecule has 2 unspecified atom stereocenters. The molecule has 82 valence electrons. The fourth-order valence-electron chi connectivity index (χ4n) is 1.83. The predicted octanol–water partition coefficient (Wildman–Crippen LogP) is 0.429. The summed E-state index contributed by atoms with van der Waals surface area (Å²) in [5, 5.41) is 17.4. The Hall–Kier alpha value is -1.01. The summed E-state index contributed by atoms with van der Waals surface area (Å²) in [7, 11) is 0. The van der Waals surface area contributed by atoms with Crippen molar-refractivity contribution in [3.8, 4) is 0 Å². The standard InChI is InChI=1S/C9H13N3O2S/c13-7-2-1-6(3-7)4-10-9(14)8-5-15-12-11-8/h5-7,13H,1-4H2,(H,10,14). The first-order valence-corrected chi connectivity index (χ1v) is 5.82. The van der Waals surface area contributed by atoms with Gasteiger partial charge in [-0.15, -0.1) is 5.10 Å². The van der Waals surface area contributed by atoms with Gasteiger partial charge in [-0.2, -0.15) is 0 Å². The molecule has 0 spiro atoms. The van der Waals surface area contributed by atoms with E-state index in [4.69, 9.17) is 0 Å². The largest absolute Gasteiger partial charge is 0.393 e. The summed E-state index contributed by atoms with van der Waals surface area (Å²) in [4.78, 5) is 11.5. The van der Waals surface area contributed by atoms with E-state index in [0.29, 0.717) is 18.2 Å². The highest BCUT2D eigenvalue weighted by Gasteiger charge is 2.23. The normalized spacial score (nSPS) is 25.4. The van der Waals surface area contributed by atoms with E-state index in [9.17, 15) is 9.90 Å². The minimum Gasteiger partial charge on any atom is -0.393 e. The lowest BCUT2D eigenvalue weighted by atomic mass is 10.1. The van der Waals surface area contributed by atoms with Gasteiger partial charge in [0.2, 0.25) is 0 Å². The zero-order valence-electron chi connectivity index (χ0n) is 8.22. The van der Waals surface area contributed by atoms with E-state index in [0.717, 1.165) is 30.8 Å². The second kappa shape index (κ2) is 4.67. The summed E-state index contributed by atoms with van der Waals surface area (Å²) < 4.78 is 3.63. The van der Waals surface area contributed by atoms with Crippen molar-refractivity contribution in [3.63, 3.8) is 0 Å². The van der Waals surface area contributed by atoms with E-state index < -0.39 is 0 Å². The number of carbonyl (C=O) groups excluding carboxylic acids is 1. The monoisotopic (exact) mass is 227 g/mol. The van der Waals surface area contributed by atoms with E-state index in [1.165, 1.54) is 0 Å². The van der Waals surface area contributed by atoms with Gasteiger partial charge in [0.05, 0.1) is 6.10 Å². The molecular weight excluding hydrogens is 214 g/mol. The molecule has 1 aromatic heterocycles. The van der Waals surface area contributed by atoms with Gasteiger partial charge < -0.3 is 10.4 Å². The molecule has 2 N–H and O–H groups in total. The van der Waals surface area contributed by atoms with Crippen molar-refractivity contribution in [1.82, 2.24) is 14.9 Å². The molecule has 1 aromatic rings. The quantitative estimate of drug-likeness (QED) is 0.785. The molecule has 1 aliphatic carbocycles. The van der Waals surface area contributed by atoms with Gasteiger partial charge in [-0.1, -0.05) is 4.49 Å². The van der Waals surface area contributed by atoms with E-state index >= 15 is 0 Å². The first-order chi connectivity index (χ1) is 7.25. The maximum atomic E-state index is 11.5. The topological polar surface area (TPSA) is 75.1 Å². The van der Waals surface area contributed by atoms with Crippen LogP contribution in [0.2, 0.25) is 0 Å². The lowest BCUT2D eigenvalue weighted by Gasteiger charge is -2.09. The lowest BCUT2D eigenvalue weighted by Crippen LogP contribution is -2.28. The number of rotatable bonds is 3. The Morgan fingerprint density at radius 1 is 1.67 bits per heavy atom. The number of aliphatic hydroxyl groups is 1. The lowest BCUT2D eigenvalue weighted by molar-refractivity contribution is 0.0940. The summed E-state index contributed by atoms with van der Waals surface area (Å²) >= 11 is 1.16. The van der Waals surface area contributed by atoms with Crippen LogP contribution < -0.4 is 5.32 Å². The molecular formula is C9H13N3O2S. The molecule has 15 heavy (non-hydrogen) atoms. The summed E-state index contributed by atoms with van der Waals surface area (Å²) in [6.07, 6.45) is 2.43. The van der Waals surface area contributed by atoms with Crippen molar-refractivity contribution in [3.05, 3.63) is 11.1 Å². The highest BCUT2D eigenvalue weighted by Crippen LogP contribution is 2.24. The Kier molecular flexibility index (Phi) is 3.27. The van der Waals surface area contributed by atoms with Crippen LogP contribution in [0.3, 0.4) is 0 Å². The maximum Gasteiger partial charge on any atom is 0.272 e. The Morgan fingerprint density at radius 2 is 2.53 bits per heavy atom. The summed E-state index contributed by atoms with van der Waals surface area (Å²) in [5.74, 6) is 0.223. The molecule has 0 aromatic carbocycles. The Bertz CT molecular complexity index is 328. The zero-order chi connectivity index (χ0) is 10.7. The van der Waals surface area contributed by atoms with Gasteiger partial charge in [0, 0.05) is 11.9 Å². The molecule has 0 saturated heterocycles. The SMILES string of the molecule is O=C(NCC1CCC(O)C1)c1csnn1. The van der Waals surface area contributed by atoms with Crippen LogP contribution in [0.15, 0.2) is 5.38 Å². The van der Waals surface area contributed by atoms with Gasteiger partial charge in [-0.3, -0.25) is 4.79 Å². The number of nitrogens with one attached hydrogen (secondary N) is 1. The number of amides is 1. The summed E-state index contributed by atoms with van der Waals surface area (Å²) in [5.41, 5.74) is 0.374. The van der Waals surface area contributed by atoms with Gasteiger partial charge in [-0.05, 0) is 36.7 Å². The van der Waals surface area contributed by atoms with E-state index in [1.807, 2.05) is 0 Å². The number of aromatic nitrogens is 2. The van der Waals surface area contributed by atoms with Gasteiger partial charge in [0.15, 0.2) is 5.69 Å². The van der Waals surface area contributed by atoms with Crippen LogP contribution in [-0.2, 0) is 0 Å². The third-order valence-electron chi connectivity index (χ3n) is 2.66. The Balaban J connectivity index is 1.76. The number of hydrogen-bond donors (Lipinski definition) is 2. The molecule has 1 aliphatic rings. The molecule has 0 aliphatic heterocycles.